The molecule has 0 radical (unpaired) electrons. The summed E-state index contributed by atoms with van der Waals surface area (Å²) in [4.78, 5) is 12.5. The summed E-state index contributed by atoms with van der Waals surface area (Å²) in [6.45, 7) is 6.40. The van der Waals surface area contributed by atoms with Crippen molar-refractivity contribution < 1.29 is 9.07 Å². The first-order valence-electron chi connectivity index (χ1n) is 11.9. The third-order valence-electron chi connectivity index (χ3n) is 5.43. The number of hydrogen-bond donors (Lipinski definition) is 0. The van der Waals surface area contributed by atoms with Gasteiger partial charge in [-0.05, 0) is 52.3 Å². The van der Waals surface area contributed by atoms with E-state index in [0.717, 1.165) is 17.5 Å². The van der Waals surface area contributed by atoms with Gasteiger partial charge in [0.15, 0.2) is 0 Å². The lowest BCUT2D eigenvalue weighted by Gasteiger charge is -2.09. The number of benzene rings is 4. The van der Waals surface area contributed by atoms with Crippen molar-refractivity contribution in [1.29, 1.82) is 0 Å². The fourth-order valence-electron chi connectivity index (χ4n) is 3.94. The molecule has 0 amide bonds. The van der Waals surface area contributed by atoms with Gasteiger partial charge < -0.3 is 0 Å². The second-order valence-corrected chi connectivity index (χ2v) is 8.60. The topological polar surface area (TPSA) is 17.1 Å². The van der Waals surface area contributed by atoms with E-state index in [1.165, 1.54) is 34.2 Å². The first kappa shape index (κ1) is 24.2. The highest BCUT2D eigenvalue weighted by Gasteiger charge is 2.07. The van der Waals surface area contributed by atoms with E-state index >= 15 is 0 Å². The Morgan fingerprint density at radius 3 is 1.91 bits per heavy atom. The molecule has 1 nitrogen and oxygen atoms in total. The van der Waals surface area contributed by atoms with E-state index in [1.807, 2.05) is 30.3 Å². The van der Waals surface area contributed by atoms with E-state index in [2.05, 4.69) is 93.6 Å². The minimum absolute atomic E-state index is 0. The van der Waals surface area contributed by atoms with E-state index in [0.29, 0.717) is 12.8 Å². The summed E-state index contributed by atoms with van der Waals surface area (Å²) in [5, 5.41) is 0. The number of aryl methyl sites for hydroxylation is 1. The Labute approximate surface area is 203 Å². The third kappa shape index (κ3) is 7.57. The molecule has 33 heavy (non-hydrogen) atoms. The maximum Gasteiger partial charge on any atom is 0.141 e. The van der Waals surface area contributed by atoms with Crippen molar-refractivity contribution in [2.75, 3.05) is 0 Å². The molecule has 0 aliphatic rings. The summed E-state index contributed by atoms with van der Waals surface area (Å²) in [6.07, 6.45) is 3.08. The van der Waals surface area contributed by atoms with E-state index in [9.17, 15) is 4.79 Å². The van der Waals surface area contributed by atoms with Crippen molar-refractivity contribution in [2.45, 2.75) is 46.5 Å². The van der Waals surface area contributed by atoms with Gasteiger partial charge >= 0.3 is 0 Å². The fraction of sp³-hybridized carbons (Fsp3) is 0.219. The molecule has 4 rings (SSSR count). The van der Waals surface area contributed by atoms with Crippen LogP contribution >= 0.6 is 0 Å². The molecule has 4 aromatic rings. The zero-order valence-electron chi connectivity index (χ0n) is 20.1. The van der Waals surface area contributed by atoms with Gasteiger partial charge in [-0.25, -0.2) is 0 Å². The SMILES string of the molecule is CCC.Cc1ccccc1-c1cccc(Cc2cccc(CC(=O)Cc3ccccc3)c2)c1.[HH].[HH].[HH]. The van der Waals surface area contributed by atoms with Gasteiger partial charge in [-0.3, -0.25) is 4.79 Å². The maximum absolute atomic E-state index is 12.5. The highest BCUT2D eigenvalue weighted by molar-refractivity contribution is 5.83. The van der Waals surface area contributed by atoms with Crippen LogP contribution in [-0.2, 0) is 24.1 Å². The van der Waals surface area contributed by atoms with Gasteiger partial charge in [-0.2, -0.15) is 0 Å². The van der Waals surface area contributed by atoms with Gasteiger partial charge in [0.2, 0.25) is 0 Å². The van der Waals surface area contributed by atoms with Crippen LogP contribution in [-0.4, -0.2) is 5.78 Å². The molecule has 1 heteroatoms. The van der Waals surface area contributed by atoms with Crippen LogP contribution in [0.25, 0.3) is 11.1 Å². The normalized spacial score (nSPS) is 10.3. The van der Waals surface area contributed by atoms with Crippen molar-refractivity contribution >= 4 is 5.78 Å². The smallest absolute Gasteiger partial charge is 0.141 e. The van der Waals surface area contributed by atoms with Crippen molar-refractivity contribution in [1.82, 2.24) is 0 Å². The second-order valence-electron chi connectivity index (χ2n) is 8.60. The minimum Gasteiger partial charge on any atom is -0.299 e. The number of carbonyl (C=O) groups excluding carboxylic acids is 1. The van der Waals surface area contributed by atoms with Gasteiger partial charge in [0, 0.05) is 17.1 Å². The number of hydrogen-bond acceptors (Lipinski definition) is 1. The third-order valence-corrected chi connectivity index (χ3v) is 5.43. The lowest BCUT2D eigenvalue weighted by atomic mass is 9.95. The van der Waals surface area contributed by atoms with E-state index in [1.54, 1.807) is 0 Å². The average molecular weight is 441 g/mol. The molecule has 0 saturated heterocycles. The lowest BCUT2D eigenvalue weighted by Crippen LogP contribution is -2.06. The van der Waals surface area contributed by atoms with Gasteiger partial charge in [0.05, 0.1) is 0 Å². The van der Waals surface area contributed by atoms with Gasteiger partial charge in [0.25, 0.3) is 0 Å². The van der Waals surface area contributed by atoms with Gasteiger partial charge in [-0.1, -0.05) is 123 Å². The largest absolute Gasteiger partial charge is 0.299 e. The molecule has 4 aromatic carbocycles. The summed E-state index contributed by atoms with van der Waals surface area (Å²) >= 11 is 0. The first-order chi connectivity index (χ1) is 16.1. The molecule has 0 N–H and O–H groups in total. The van der Waals surface area contributed by atoms with Crippen LogP contribution in [0.5, 0.6) is 0 Å². The monoisotopic (exact) mass is 440 g/mol. The van der Waals surface area contributed by atoms with Crippen LogP contribution in [0.4, 0.5) is 0 Å². The van der Waals surface area contributed by atoms with Crippen LogP contribution in [0.15, 0.2) is 103 Å². The molecule has 0 atom stereocenters. The van der Waals surface area contributed by atoms with E-state index in [-0.39, 0.29) is 10.1 Å². The highest BCUT2D eigenvalue weighted by atomic mass is 16.1. The zero-order valence-corrected chi connectivity index (χ0v) is 20.1. The van der Waals surface area contributed by atoms with Crippen molar-refractivity contribution in [3.8, 4) is 11.1 Å². The summed E-state index contributed by atoms with van der Waals surface area (Å²) in [6, 6.07) is 35.6. The summed E-state index contributed by atoms with van der Waals surface area (Å²) < 4.78 is 0. The predicted octanol–water partition coefficient (Wildman–Crippen LogP) is 8.76. The molecule has 0 aromatic heterocycles. The maximum atomic E-state index is 12.5. The number of carbonyl (C=O) groups is 1. The number of Topliss-reactive ketones (excluding diaryl/α,β-unsaturated/α-hetero) is 1. The van der Waals surface area contributed by atoms with Crippen molar-refractivity contribution in [2.24, 2.45) is 0 Å². The molecule has 0 bridgehead atoms. The Hall–Kier alpha value is -3.45. The molecular formula is C32H40O. The van der Waals surface area contributed by atoms with Gasteiger partial charge in [0.1, 0.15) is 5.78 Å². The molecule has 0 unspecified atom stereocenters. The van der Waals surface area contributed by atoms with Crippen LogP contribution in [0.1, 0.15) is 52.4 Å². The molecule has 0 heterocycles. The van der Waals surface area contributed by atoms with Crippen LogP contribution in [0, 0.1) is 6.92 Å². The van der Waals surface area contributed by atoms with Crippen LogP contribution in [0.3, 0.4) is 0 Å². The molecule has 0 aliphatic carbocycles. The summed E-state index contributed by atoms with van der Waals surface area (Å²) in [7, 11) is 0. The number of rotatable bonds is 7. The Balaban J connectivity index is 0.00000195. The van der Waals surface area contributed by atoms with Crippen molar-refractivity contribution in [3.63, 3.8) is 0 Å². The minimum atomic E-state index is 0. The summed E-state index contributed by atoms with van der Waals surface area (Å²) in [5.74, 6) is 0.250. The van der Waals surface area contributed by atoms with E-state index < -0.39 is 0 Å². The van der Waals surface area contributed by atoms with Crippen LogP contribution in [0.2, 0.25) is 0 Å². The Kier molecular flexibility index (Phi) is 9.20. The predicted molar refractivity (Wildman–Crippen MR) is 147 cm³/mol. The molecule has 174 valence electrons. The second kappa shape index (κ2) is 12.6. The Morgan fingerprint density at radius 1 is 0.636 bits per heavy atom. The molecule has 0 spiro atoms. The van der Waals surface area contributed by atoms with Gasteiger partial charge in [-0.15, -0.1) is 0 Å². The Bertz CT molecular complexity index is 1170. The molecule has 0 saturated carbocycles. The summed E-state index contributed by atoms with van der Waals surface area (Å²) in [5.41, 5.74) is 8.49. The first-order valence-corrected chi connectivity index (χ1v) is 11.9. The number of ketones is 1. The lowest BCUT2D eigenvalue weighted by molar-refractivity contribution is -0.117. The fourth-order valence-corrected chi connectivity index (χ4v) is 3.94. The molecule has 0 fully saturated rings. The van der Waals surface area contributed by atoms with E-state index in [4.69, 9.17) is 0 Å². The average Bonchev–Trinajstić information content (AvgIpc) is 2.81. The highest BCUT2D eigenvalue weighted by Crippen LogP contribution is 2.25. The molecule has 0 aliphatic heterocycles. The molecular weight excluding hydrogens is 400 g/mol. The zero-order chi connectivity index (χ0) is 23.5. The van der Waals surface area contributed by atoms with Crippen LogP contribution < -0.4 is 0 Å². The quantitative estimate of drug-likeness (QED) is 0.281. The standard InChI is InChI=1S/C29H26O.C3H8.3H2/c1-22-9-5-6-16-29(22)27-15-8-14-25(19-27)17-24-12-7-13-26(18-24)21-28(30)20-23-10-3-2-4-11-23;1-3-2;;;/h2-16,18-19H,17,20-21H2,1H3;3H2,1-2H3;3*1H. The Morgan fingerprint density at radius 2 is 1.18 bits per heavy atom. The van der Waals surface area contributed by atoms with Crippen molar-refractivity contribution in [3.05, 3.63) is 131 Å².